The molecule has 5 nitrogen and oxygen atoms in total. The summed E-state index contributed by atoms with van der Waals surface area (Å²) in [5.41, 5.74) is 4.67. The molecule has 2 N–H and O–H groups in total. The van der Waals surface area contributed by atoms with E-state index in [1.54, 1.807) is 7.11 Å². The van der Waals surface area contributed by atoms with Crippen LogP contribution in [0.2, 0.25) is 5.02 Å². The Morgan fingerprint density at radius 3 is 2.77 bits per heavy atom. The molecular weight excluding hydrogens is 410 g/mol. The van der Waals surface area contributed by atoms with Crippen molar-refractivity contribution in [3.05, 3.63) is 94.6 Å². The number of halogens is 1. The maximum Gasteiger partial charge on any atom is 0.257 e. The van der Waals surface area contributed by atoms with Crippen molar-refractivity contribution in [1.29, 1.82) is 0 Å². The molecule has 6 heteroatoms. The van der Waals surface area contributed by atoms with Gasteiger partial charge in [0.15, 0.2) is 0 Å². The quantitative estimate of drug-likeness (QED) is 0.430. The third-order valence-electron chi connectivity index (χ3n) is 5.78. The molecule has 0 saturated carbocycles. The molecule has 0 saturated heterocycles. The maximum atomic E-state index is 13.4. The molecule has 4 aromatic rings. The number of anilines is 1. The number of ether oxygens (including phenoxy) is 1. The second kappa shape index (κ2) is 8.00. The summed E-state index contributed by atoms with van der Waals surface area (Å²) < 4.78 is 5.38. The smallest absolute Gasteiger partial charge is 0.257 e. The number of aromatic amines is 1. The van der Waals surface area contributed by atoms with Gasteiger partial charge in [0, 0.05) is 34.4 Å². The summed E-state index contributed by atoms with van der Waals surface area (Å²) in [6, 6.07) is 21.3. The SMILES string of the molecule is COc1ccc2[nH]cc(CCN3C(=O)c4ccccc4NC3c3cccc(Cl)c3)c2c1. The van der Waals surface area contributed by atoms with E-state index in [1.807, 2.05) is 77.8 Å². The van der Waals surface area contributed by atoms with Crippen molar-refractivity contribution in [3.8, 4) is 5.75 Å². The Morgan fingerprint density at radius 1 is 1.06 bits per heavy atom. The molecule has 1 aliphatic rings. The molecule has 0 aliphatic carbocycles. The number of amides is 1. The van der Waals surface area contributed by atoms with Gasteiger partial charge in [-0.25, -0.2) is 0 Å². The van der Waals surface area contributed by atoms with Gasteiger partial charge < -0.3 is 19.9 Å². The van der Waals surface area contributed by atoms with Crippen molar-refractivity contribution < 1.29 is 9.53 Å². The summed E-state index contributed by atoms with van der Waals surface area (Å²) in [6.45, 7) is 0.557. The molecule has 1 unspecified atom stereocenters. The topological polar surface area (TPSA) is 57.4 Å². The third kappa shape index (κ3) is 3.62. The van der Waals surface area contributed by atoms with E-state index in [4.69, 9.17) is 16.3 Å². The predicted octanol–water partition coefficient (Wildman–Crippen LogP) is 5.64. The number of benzene rings is 3. The van der Waals surface area contributed by atoms with Gasteiger partial charge in [-0.3, -0.25) is 4.79 Å². The van der Waals surface area contributed by atoms with Gasteiger partial charge in [0.2, 0.25) is 0 Å². The van der Waals surface area contributed by atoms with Crippen LogP contribution >= 0.6 is 11.6 Å². The molecule has 1 aliphatic heterocycles. The van der Waals surface area contributed by atoms with E-state index in [-0.39, 0.29) is 12.1 Å². The van der Waals surface area contributed by atoms with E-state index < -0.39 is 0 Å². The van der Waals surface area contributed by atoms with Crippen LogP contribution in [0, 0.1) is 0 Å². The zero-order valence-corrected chi connectivity index (χ0v) is 17.8. The molecule has 2 heterocycles. The monoisotopic (exact) mass is 431 g/mol. The lowest BCUT2D eigenvalue weighted by Gasteiger charge is -2.38. The number of fused-ring (bicyclic) bond motifs is 2. The molecule has 156 valence electrons. The predicted molar refractivity (Wildman–Crippen MR) is 124 cm³/mol. The maximum absolute atomic E-state index is 13.4. The van der Waals surface area contributed by atoms with Crippen LogP contribution in [0.3, 0.4) is 0 Å². The van der Waals surface area contributed by atoms with E-state index in [0.717, 1.165) is 33.5 Å². The van der Waals surface area contributed by atoms with Crippen LogP contribution in [0.25, 0.3) is 10.9 Å². The highest BCUT2D eigenvalue weighted by atomic mass is 35.5. The molecule has 3 aromatic carbocycles. The molecule has 0 fully saturated rings. The molecule has 5 rings (SSSR count). The van der Waals surface area contributed by atoms with Crippen LogP contribution in [-0.4, -0.2) is 29.4 Å². The van der Waals surface area contributed by atoms with Crippen molar-refractivity contribution in [1.82, 2.24) is 9.88 Å². The molecule has 31 heavy (non-hydrogen) atoms. The number of carbonyl (C=O) groups excluding carboxylic acids is 1. The first kappa shape index (κ1) is 19.5. The fraction of sp³-hybridized carbons (Fsp3) is 0.160. The lowest BCUT2D eigenvalue weighted by molar-refractivity contribution is 0.0685. The van der Waals surface area contributed by atoms with Gasteiger partial charge in [-0.2, -0.15) is 0 Å². The number of rotatable bonds is 5. The molecule has 1 amide bonds. The van der Waals surface area contributed by atoms with Crippen molar-refractivity contribution in [2.45, 2.75) is 12.6 Å². The Labute approximate surface area is 185 Å². The number of carbonyl (C=O) groups is 1. The van der Waals surface area contributed by atoms with E-state index >= 15 is 0 Å². The number of hydrogen-bond donors (Lipinski definition) is 2. The Bertz CT molecular complexity index is 1270. The van der Waals surface area contributed by atoms with Gasteiger partial charge in [0.05, 0.1) is 12.7 Å². The van der Waals surface area contributed by atoms with Gasteiger partial charge in [-0.1, -0.05) is 35.9 Å². The highest BCUT2D eigenvalue weighted by molar-refractivity contribution is 6.30. The van der Waals surface area contributed by atoms with Gasteiger partial charge in [0.25, 0.3) is 5.91 Å². The number of H-pyrrole nitrogens is 1. The first-order valence-corrected chi connectivity index (χ1v) is 10.6. The number of para-hydroxylation sites is 1. The van der Waals surface area contributed by atoms with Crippen LogP contribution in [0.4, 0.5) is 5.69 Å². The van der Waals surface area contributed by atoms with Crippen LogP contribution in [0.1, 0.15) is 27.7 Å². The number of aromatic nitrogens is 1. The van der Waals surface area contributed by atoms with Crippen LogP contribution in [-0.2, 0) is 6.42 Å². The standard InChI is InChI=1S/C25H22ClN3O2/c1-31-19-9-10-22-21(14-19)17(15-27-22)11-12-29-24(16-5-4-6-18(26)13-16)28-23-8-3-2-7-20(23)25(29)30/h2-10,13-15,24,27-28H,11-12H2,1H3. The number of hydrogen-bond acceptors (Lipinski definition) is 3. The van der Waals surface area contributed by atoms with Crippen LogP contribution < -0.4 is 10.1 Å². The Balaban J connectivity index is 1.49. The van der Waals surface area contributed by atoms with Gasteiger partial charge >= 0.3 is 0 Å². The van der Waals surface area contributed by atoms with Gasteiger partial charge in [0.1, 0.15) is 11.9 Å². The summed E-state index contributed by atoms with van der Waals surface area (Å²) in [4.78, 5) is 18.6. The van der Waals surface area contributed by atoms with Crippen molar-refractivity contribution in [3.63, 3.8) is 0 Å². The molecule has 1 atom stereocenters. The van der Waals surface area contributed by atoms with Gasteiger partial charge in [-0.15, -0.1) is 0 Å². The second-order valence-electron chi connectivity index (χ2n) is 7.62. The minimum atomic E-state index is -0.291. The highest BCUT2D eigenvalue weighted by Crippen LogP contribution is 2.34. The average molecular weight is 432 g/mol. The first-order valence-electron chi connectivity index (χ1n) is 10.2. The average Bonchev–Trinajstić information content (AvgIpc) is 3.20. The zero-order chi connectivity index (χ0) is 21.4. The van der Waals surface area contributed by atoms with Crippen LogP contribution in [0.15, 0.2) is 72.9 Å². The molecule has 1 aromatic heterocycles. The van der Waals surface area contributed by atoms with E-state index in [0.29, 0.717) is 23.6 Å². The molecule has 0 spiro atoms. The van der Waals surface area contributed by atoms with Crippen molar-refractivity contribution in [2.24, 2.45) is 0 Å². The Morgan fingerprint density at radius 2 is 1.94 bits per heavy atom. The molecule has 0 bridgehead atoms. The fourth-order valence-corrected chi connectivity index (χ4v) is 4.39. The summed E-state index contributed by atoms with van der Waals surface area (Å²) in [5, 5.41) is 5.28. The lowest BCUT2D eigenvalue weighted by atomic mass is 10.0. The number of nitrogens with zero attached hydrogens (tertiary/aromatic N) is 1. The van der Waals surface area contributed by atoms with Crippen molar-refractivity contribution in [2.75, 3.05) is 19.0 Å². The molecular formula is C25H22ClN3O2. The van der Waals surface area contributed by atoms with E-state index in [2.05, 4.69) is 10.3 Å². The second-order valence-corrected chi connectivity index (χ2v) is 8.06. The summed E-state index contributed by atoms with van der Waals surface area (Å²) >= 11 is 6.25. The summed E-state index contributed by atoms with van der Waals surface area (Å²) in [5.74, 6) is 0.826. The number of methoxy groups -OCH3 is 1. The van der Waals surface area contributed by atoms with Gasteiger partial charge in [-0.05, 0) is 60.0 Å². The normalized spacial score (nSPS) is 15.6. The van der Waals surface area contributed by atoms with E-state index in [9.17, 15) is 4.79 Å². The first-order chi connectivity index (χ1) is 15.1. The number of nitrogens with one attached hydrogen (secondary N) is 2. The Hall–Kier alpha value is -3.44. The fourth-order valence-electron chi connectivity index (χ4n) is 4.20. The largest absolute Gasteiger partial charge is 0.497 e. The third-order valence-corrected chi connectivity index (χ3v) is 6.02. The summed E-state index contributed by atoms with van der Waals surface area (Å²) in [6.07, 6.45) is 2.43. The van der Waals surface area contributed by atoms with E-state index in [1.165, 1.54) is 0 Å². The highest BCUT2D eigenvalue weighted by Gasteiger charge is 2.32. The minimum Gasteiger partial charge on any atom is -0.497 e. The van der Waals surface area contributed by atoms with Crippen LogP contribution in [0.5, 0.6) is 5.75 Å². The minimum absolute atomic E-state index is 0.0109. The summed E-state index contributed by atoms with van der Waals surface area (Å²) in [7, 11) is 1.67. The van der Waals surface area contributed by atoms with Crippen molar-refractivity contribution >= 4 is 34.1 Å². The Kier molecular flexibility index (Phi) is 5.04. The lowest BCUT2D eigenvalue weighted by Crippen LogP contribution is -2.43. The zero-order valence-electron chi connectivity index (χ0n) is 17.1. The molecule has 0 radical (unpaired) electrons.